The summed E-state index contributed by atoms with van der Waals surface area (Å²) in [4.78, 5) is 20.7. The highest BCUT2D eigenvalue weighted by Gasteiger charge is 2.27. The zero-order valence-electron chi connectivity index (χ0n) is 12.3. The fourth-order valence-corrected chi connectivity index (χ4v) is 2.89. The predicted molar refractivity (Wildman–Crippen MR) is 81.1 cm³/mol. The van der Waals surface area contributed by atoms with E-state index in [1.54, 1.807) is 12.3 Å². The molecule has 2 rings (SSSR count). The van der Waals surface area contributed by atoms with E-state index in [4.69, 9.17) is 11.6 Å². The van der Waals surface area contributed by atoms with E-state index in [9.17, 15) is 4.79 Å². The molecule has 1 aromatic rings. The number of rotatable bonds is 3. The van der Waals surface area contributed by atoms with Gasteiger partial charge in [-0.05, 0) is 32.8 Å². The maximum Gasteiger partial charge on any atom is 0.255 e. The SMILES string of the molecule is CC(C)N1CCC(N(C)C(=O)c2ccncc2Cl)CC1. The van der Waals surface area contributed by atoms with Crippen molar-refractivity contribution in [3.8, 4) is 0 Å². The van der Waals surface area contributed by atoms with E-state index in [-0.39, 0.29) is 5.91 Å². The number of hydrogen-bond donors (Lipinski definition) is 0. The Morgan fingerprint density at radius 1 is 1.45 bits per heavy atom. The van der Waals surface area contributed by atoms with Crippen LogP contribution in [0.25, 0.3) is 0 Å². The van der Waals surface area contributed by atoms with Gasteiger partial charge in [0.1, 0.15) is 0 Å². The molecule has 20 heavy (non-hydrogen) atoms. The number of likely N-dealkylation sites (tertiary alicyclic amines) is 1. The van der Waals surface area contributed by atoms with Gasteiger partial charge in [0.05, 0.1) is 10.6 Å². The Balaban J connectivity index is 2.00. The van der Waals surface area contributed by atoms with Gasteiger partial charge in [0.25, 0.3) is 5.91 Å². The quantitative estimate of drug-likeness (QED) is 0.860. The summed E-state index contributed by atoms with van der Waals surface area (Å²) in [5, 5.41) is 0.420. The molecular weight excluding hydrogens is 274 g/mol. The second-order valence-corrected chi connectivity index (χ2v) is 6.04. The molecule has 1 amide bonds. The Morgan fingerprint density at radius 2 is 2.10 bits per heavy atom. The molecule has 0 aliphatic carbocycles. The first-order valence-corrected chi connectivity index (χ1v) is 7.49. The molecule has 1 aliphatic heterocycles. The van der Waals surface area contributed by atoms with Gasteiger partial charge in [0.2, 0.25) is 0 Å². The molecule has 1 aliphatic rings. The number of halogens is 1. The Bertz CT molecular complexity index is 470. The minimum atomic E-state index is -0.0135. The second kappa shape index (κ2) is 6.55. The van der Waals surface area contributed by atoms with Gasteiger partial charge < -0.3 is 9.80 Å². The van der Waals surface area contributed by atoms with Crippen LogP contribution in [0.1, 0.15) is 37.0 Å². The minimum absolute atomic E-state index is 0.0135. The molecular formula is C15H22ClN3O. The lowest BCUT2D eigenvalue weighted by molar-refractivity contribution is 0.0615. The van der Waals surface area contributed by atoms with E-state index in [0.29, 0.717) is 22.7 Å². The summed E-state index contributed by atoms with van der Waals surface area (Å²) < 4.78 is 0. The maximum absolute atomic E-state index is 12.5. The van der Waals surface area contributed by atoms with Gasteiger partial charge in [0, 0.05) is 44.6 Å². The van der Waals surface area contributed by atoms with Crippen LogP contribution >= 0.6 is 11.6 Å². The highest BCUT2D eigenvalue weighted by Crippen LogP contribution is 2.21. The standard InChI is InChI=1S/C15H22ClN3O/c1-11(2)19-8-5-12(6-9-19)18(3)15(20)13-4-7-17-10-14(13)16/h4,7,10-12H,5-6,8-9H2,1-3H3. The molecule has 0 unspecified atom stereocenters. The molecule has 0 bridgehead atoms. The number of piperidine rings is 1. The summed E-state index contributed by atoms with van der Waals surface area (Å²) in [5.74, 6) is -0.0135. The Kier molecular flexibility index (Phi) is 5.00. The zero-order chi connectivity index (χ0) is 14.7. The summed E-state index contributed by atoms with van der Waals surface area (Å²) in [6.45, 7) is 6.52. The normalized spacial score (nSPS) is 17.4. The fraction of sp³-hybridized carbons (Fsp3) is 0.600. The molecule has 0 aromatic carbocycles. The molecule has 0 saturated carbocycles. The average molecular weight is 296 g/mol. The number of amides is 1. The first kappa shape index (κ1) is 15.3. The molecule has 1 aromatic heterocycles. The highest BCUT2D eigenvalue weighted by atomic mass is 35.5. The summed E-state index contributed by atoms with van der Waals surface area (Å²) in [7, 11) is 1.87. The molecule has 1 fully saturated rings. The molecule has 0 atom stereocenters. The number of carbonyl (C=O) groups is 1. The van der Waals surface area contributed by atoms with E-state index in [2.05, 4.69) is 23.7 Å². The van der Waals surface area contributed by atoms with Gasteiger partial charge in [-0.15, -0.1) is 0 Å². The number of aromatic nitrogens is 1. The molecule has 110 valence electrons. The van der Waals surface area contributed by atoms with Crippen LogP contribution in [-0.2, 0) is 0 Å². The van der Waals surface area contributed by atoms with Crippen LogP contribution in [0.4, 0.5) is 0 Å². The zero-order valence-corrected chi connectivity index (χ0v) is 13.1. The monoisotopic (exact) mass is 295 g/mol. The van der Waals surface area contributed by atoms with Crippen molar-refractivity contribution in [2.45, 2.75) is 38.8 Å². The molecule has 0 spiro atoms. The number of hydrogen-bond acceptors (Lipinski definition) is 3. The number of pyridine rings is 1. The highest BCUT2D eigenvalue weighted by molar-refractivity contribution is 6.33. The van der Waals surface area contributed by atoms with E-state index >= 15 is 0 Å². The lowest BCUT2D eigenvalue weighted by atomic mass is 10.0. The molecule has 2 heterocycles. The molecule has 0 radical (unpaired) electrons. The van der Waals surface area contributed by atoms with Gasteiger partial charge >= 0.3 is 0 Å². The van der Waals surface area contributed by atoms with E-state index in [1.807, 2.05) is 11.9 Å². The first-order chi connectivity index (χ1) is 9.50. The van der Waals surface area contributed by atoms with Gasteiger partial charge in [-0.1, -0.05) is 11.6 Å². The van der Waals surface area contributed by atoms with Crippen LogP contribution in [-0.4, -0.2) is 52.9 Å². The van der Waals surface area contributed by atoms with Crippen molar-refractivity contribution in [1.29, 1.82) is 0 Å². The van der Waals surface area contributed by atoms with Gasteiger partial charge in [-0.25, -0.2) is 0 Å². The number of nitrogens with zero attached hydrogens (tertiary/aromatic N) is 3. The summed E-state index contributed by atoms with van der Waals surface area (Å²) in [5.41, 5.74) is 0.537. The molecule has 5 heteroatoms. The topological polar surface area (TPSA) is 36.4 Å². The molecule has 1 saturated heterocycles. The molecule has 0 N–H and O–H groups in total. The van der Waals surface area contributed by atoms with Crippen molar-refractivity contribution in [3.63, 3.8) is 0 Å². The van der Waals surface area contributed by atoms with Crippen LogP contribution in [0.5, 0.6) is 0 Å². The van der Waals surface area contributed by atoms with Crippen molar-refractivity contribution in [2.24, 2.45) is 0 Å². The first-order valence-electron chi connectivity index (χ1n) is 7.11. The van der Waals surface area contributed by atoms with Crippen LogP contribution in [0, 0.1) is 0 Å². The molecule has 4 nitrogen and oxygen atoms in total. The van der Waals surface area contributed by atoms with Crippen LogP contribution in [0.15, 0.2) is 18.5 Å². The Hall–Kier alpha value is -1.13. The van der Waals surface area contributed by atoms with Crippen molar-refractivity contribution >= 4 is 17.5 Å². The Labute approximate surface area is 125 Å². The van der Waals surface area contributed by atoms with Crippen molar-refractivity contribution in [1.82, 2.24) is 14.8 Å². The number of carbonyl (C=O) groups excluding carboxylic acids is 1. The summed E-state index contributed by atoms with van der Waals surface area (Å²) >= 11 is 6.05. The van der Waals surface area contributed by atoms with E-state index in [0.717, 1.165) is 25.9 Å². The minimum Gasteiger partial charge on any atom is -0.339 e. The Morgan fingerprint density at radius 3 is 2.65 bits per heavy atom. The average Bonchev–Trinajstić information content (AvgIpc) is 2.46. The van der Waals surface area contributed by atoms with E-state index in [1.165, 1.54) is 6.20 Å². The van der Waals surface area contributed by atoms with Crippen LogP contribution in [0.3, 0.4) is 0 Å². The lowest BCUT2D eigenvalue weighted by Crippen LogP contribution is -2.47. The maximum atomic E-state index is 12.5. The van der Waals surface area contributed by atoms with Crippen LogP contribution in [0.2, 0.25) is 5.02 Å². The van der Waals surface area contributed by atoms with Crippen molar-refractivity contribution in [2.75, 3.05) is 20.1 Å². The third-order valence-electron chi connectivity index (χ3n) is 4.10. The summed E-state index contributed by atoms with van der Waals surface area (Å²) in [6.07, 6.45) is 5.16. The lowest BCUT2D eigenvalue weighted by Gasteiger charge is -2.38. The van der Waals surface area contributed by atoms with Crippen molar-refractivity contribution in [3.05, 3.63) is 29.0 Å². The third-order valence-corrected chi connectivity index (χ3v) is 4.40. The predicted octanol–water partition coefficient (Wildman–Crippen LogP) is 2.68. The van der Waals surface area contributed by atoms with Gasteiger partial charge in [0.15, 0.2) is 0 Å². The van der Waals surface area contributed by atoms with Gasteiger partial charge in [-0.2, -0.15) is 0 Å². The fourth-order valence-electron chi connectivity index (χ4n) is 2.69. The van der Waals surface area contributed by atoms with Crippen molar-refractivity contribution < 1.29 is 4.79 Å². The third kappa shape index (κ3) is 3.30. The second-order valence-electron chi connectivity index (χ2n) is 5.63. The smallest absolute Gasteiger partial charge is 0.255 e. The van der Waals surface area contributed by atoms with Crippen LogP contribution < -0.4 is 0 Å². The largest absolute Gasteiger partial charge is 0.339 e. The van der Waals surface area contributed by atoms with Gasteiger partial charge in [-0.3, -0.25) is 9.78 Å². The van der Waals surface area contributed by atoms with E-state index < -0.39 is 0 Å². The summed E-state index contributed by atoms with van der Waals surface area (Å²) in [6, 6.07) is 2.55.